The summed E-state index contributed by atoms with van der Waals surface area (Å²) in [5.41, 5.74) is 0. The van der Waals surface area contributed by atoms with E-state index in [0.29, 0.717) is 0 Å². The standard InChI is InChI=1S/C11H21N3OS/c1-3-4-5-6-10-13-14-11(16-10)9-12-7-8-15-2/h12H,3-9H2,1-2H3. The third-order valence-corrected chi connectivity index (χ3v) is 3.25. The lowest BCUT2D eigenvalue weighted by atomic mass is 10.2. The van der Waals surface area contributed by atoms with Gasteiger partial charge in [0, 0.05) is 26.6 Å². The smallest absolute Gasteiger partial charge is 0.131 e. The maximum atomic E-state index is 4.96. The quantitative estimate of drug-likeness (QED) is 0.674. The third kappa shape index (κ3) is 5.53. The highest BCUT2D eigenvalue weighted by Gasteiger charge is 2.03. The fraction of sp³-hybridized carbons (Fsp3) is 0.818. The lowest BCUT2D eigenvalue weighted by Gasteiger charge is -1.99. The Kier molecular flexibility index (Phi) is 7.29. The zero-order valence-electron chi connectivity index (χ0n) is 10.2. The molecule has 0 aliphatic rings. The van der Waals surface area contributed by atoms with Gasteiger partial charge in [-0.2, -0.15) is 0 Å². The summed E-state index contributed by atoms with van der Waals surface area (Å²) in [7, 11) is 1.71. The van der Waals surface area contributed by atoms with Gasteiger partial charge < -0.3 is 10.1 Å². The van der Waals surface area contributed by atoms with Crippen molar-refractivity contribution in [2.45, 2.75) is 39.2 Å². The molecule has 92 valence electrons. The van der Waals surface area contributed by atoms with Crippen molar-refractivity contribution in [3.05, 3.63) is 10.0 Å². The molecule has 0 unspecified atom stereocenters. The van der Waals surface area contributed by atoms with Crippen LogP contribution in [0.25, 0.3) is 0 Å². The van der Waals surface area contributed by atoms with Gasteiger partial charge in [0.2, 0.25) is 0 Å². The lowest BCUT2D eigenvalue weighted by Crippen LogP contribution is -2.18. The van der Waals surface area contributed by atoms with Crippen molar-refractivity contribution in [1.29, 1.82) is 0 Å². The molecule has 0 saturated carbocycles. The second kappa shape index (κ2) is 8.61. The Bertz CT molecular complexity index is 278. The first-order valence-corrected chi connectivity index (χ1v) is 6.69. The van der Waals surface area contributed by atoms with Gasteiger partial charge in [-0.15, -0.1) is 21.5 Å². The fourth-order valence-electron chi connectivity index (χ4n) is 1.36. The van der Waals surface area contributed by atoms with E-state index in [1.54, 1.807) is 18.4 Å². The number of nitrogens with zero attached hydrogens (tertiary/aromatic N) is 2. The first-order valence-electron chi connectivity index (χ1n) is 5.87. The summed E-state index contributed by atoms with van der Waals surface area (Å²) in [5, 5.41) is 13.8. The van der Waals surface area contributed by atoms with E-state index in [4.69, 9.17) is 4.74 Å². The number of nitrogens with one attached hydrogen (secondary N) is 1. The van der Waals surface area contributed by atoms with Crippen LogP contribution in [0.4, 0.5) is 0 Å². The van der Waals surface area contributed by atoms with Crippen LogP contribution in [0.2, 0.25) is 0 Å². The van der Waals surface area contributed by atoms with E-state index in [2.05, 4.69) is 22.4 Å². The van der Waals surface area contributed by atoms with Gasteiger partial charge in [-0.25, -0.2) is 0 Å². The molecule has 0 aromatic carbocycles. The van der Waals surface area contributed by atoms with Crippen molar-refractivity contribution in [3.8, 4) is 0 Å². The summed E-state index contributed by atoms with van der Waals surface area (Å²) < 4.78 is 4.96. The summed E-state index contributed by atoms with van der Waals surface area (Å²) in [6, 6.07) is 0. The minimum Gasteiger partial charge on any atom is -0.383 e. The summed E-state index contributed by atoms with van der Waals surface area (Å²) >= 11 is 1.72. The average molecular weight is 243 g/mol. The van der Waals surface area contributed by atoms with Crippen LogP contribution < -0.4 is 5.32 Å². The van der Waals surface area contributed by atoms with Crippen LogP contribution in [-0.4, -0.2) is 30.5 Å². The zero-order chi connectivity index (χ0) is 11.6. The van der Waals surface area contributed by atoms with Gasteiger partial charge >= 0.3 is 0 Å². The van der Waals surface area contributed by atoms with E-state index < -0.39 is 0 Å². The van der Waals surface area contributed by atoms with Crippen LogP contribution in [0.1, 0.15) is 36.2 Å². The monoisotopic (exact) mass is 243 g/mol. The second-order valence-electron chi connectivity index (χ2n) is 3.72. The van der Waals surface area contributed by atoms with Gasteiger partial charge in [0.25, 0.3) is 0 Å². The van der Waals surface area contributed by atoms with Crippen molar-refractivity contribution in [1.82, 2.24) is 15.5 Å². The molecule has 0 spiro atoms. The third-order valence-electron chi connectivity index (χ3n) is 2.26. The topological polar surface area (TPSA) is 47.0 Å². The van der Waals surface area contributed by atoms with E-state index in [-0.39, 0.29) is 0 Å². The van der Waals surface area contributed by atoms with Crippen LogP contribution in [0.5, 0.6) is 0 Å². The number of rotatable bonds is 9. The molecule has 0 atom stereocenters. The molecular weight excluding hydrogens is 222 g/mol. The maximum Gasteiger partial charge on any atom is 0.131 e. The fourth-order valence-corrected chi connectivity index (χ4v) is 2.21. The highest BCUT2D eigenvalue weighted by molar-refractivity contribution is 7.11. The van der Waals surface area contributed by atoms with Crippen molar-refractivity contribution in [3.63, 3.8) is 0 Å². The van der Waals surface area contributed by atoms with E-state index >= 15 is 0 Å². The first-order chi connectivity index (χ1) is 7.86. The number of hydrogen-bond donors (Lipinski definition) is 1. The summed E-state index contributed by atoms with van der Waals surface area (Å²) in [6.45, 7) is 4.61. The van der Waals surface area contributed by atoms with E-state index in [9.17, 15) is 0 Å². The molecule has 1 N–H and O–H groups in total. The number of methoxy groups -OCH3 is 1. The van der Waals surface area contributed by atoms with Crippen molar-refractivity contribution < 1.29 is 4.74 Å². The van der Waals surface area contributed by atoms with Crippen LogP contribution >= 0.6 is 11.3 Å². The van der Waals surface area contributed by atoms with Crippen LogP contribution in [0.15, 0.2) is 0 Å². The van der Waals surface area contributed by atoms with Crippen LogP contribution in [0.3, 0.4) is 0 Å². The molecule has 0 amide bonds. The first kappa shape index (κ1) is 13.5. The molecule has 5 heteroatoms. The minimum absolute atomic E-state index is 0.738. The number of hydrogen-bond acceptors (Lipinski definition) is 5. The van der Waals surface area contributed by atoms with Crippen molar-refractivity contribution in [2.75, 3.05) is 20.3 Å². The van der Waals surface area contributed by atoms with Crippen molar-refractivity contribution in [2.24, 2.45) is 0 Å². The van der Waals surface area contributed by atoms with E-state index in [1.807, 2.05) is 0 Å². The Morgan fingerprint density at radius 2 is 2.06 bits per heavy atom. The molecule has 0 fully saturated rings. The Balaban J connectivity index is 2.17. The Hall–Kier alpha value is -0.520. The number of ether oxygens (including phenoxy) is 1. The molecule has 0 saturated heterocycles. The highest BCUT2D eigenvalue weighted by atomic mass is 32.1. The van der Waals surface area contributed by atoms with Crippen LogP contribution in [0, 0.1) is 0 Å². The number of aromatic nitrogens is 2. The number of unbranched alkanes of at least 4 members (excludes halogenated alkanes) is 2. The molecule has 1 rings (SSSR count). The average Bonchev–Trinajstić information content (AvgIpc) is 2.73. The summed E-state index contributed by atoms with van der Waals surface area (Å²) in [6.07, 6.45) is 4.83. The molecule has 0 aliphatic carbocycles. The Labute approximate surface area is 101 Å². The molecule has 0 radical (unpaired) electrons. The van der Waals surface area contributed by atoms with Gasteiger partial charge in [-0.1, -0.05) is 19.8 Å². The lowest BCUT2D eigenvalue weighted by molar-refractivity contribution is 0.199. The molecule has 0 bridgehead atoms. The van der Waals surface area contributed by atoms with Gasteiger partial charge in [0.05, 0.1) is 6.61 Å². The molecule has 1 aromatic heterocycles. The molecule has 1 heterocycles. The Morgan fingerprint density at radius 3 is 2.81 bits per heavy atom. The predicted octanol–water partition coefficient (Wildman–Crippen LogP) is 2.01. The molecular formula is C11H21N3OS. The van der Waals surface area contributed by atoms with Gasteiger partial charge in [0.15, 0.2) is 0 Å². The normalized spacial score (nSPS) is 10.9. The molecule has 4 nitrogen and oxygen atoms in total. The summed E-state index contributed by atoms with van der Waals surface area (Å²) in [4.78, 5) is 0. The number of aryl methyl sites for hydroxylation is 1. The zero-order valence-corrected chi connectivity index (χ0v) is 11.0. The van der Waals surface area contributed by atoms with Gasteiger partial charge in [-0.3, -0.25) is 0 Å². The maximum absolute atomic E-state index is 4.96. The van der Waals surface area contributed by atoms with Crippen molar-refractivity contribution >= 4 is 11.3 Å². The minimum atomic E-state index is 0.738. The Morgan fingerprint density at radius 1 is 1.25 bits per heavy atom. The SMILES string of the molecule is CCCCCc1nnc(CNCCOC)s1. The van der Waals surface area contributed by atoms with E-state index in [1.165, 1.54) is 19.3 Å². The summed E-state index contributed by atoms with van der Waals surface area (Å²) in [5.74, 6) is 0. The predicted molar refractivity (Wildman–Crippen MR) is 66.7 cm³/mol. The molecule has 16 heavy (non-hydrogen) atoms. The molecule has 1 aromatic rings. The van der Waals surface area contributed by atoms with Gasteiger partial charge in [0.1, 0.15) is 10.0 Å². The van der Waals surface area contributed by atoms with Crippen LogP contribution in [-0.2, 0) is 17.7 Å². The van der Waals surface area contributed by atoms with E-state index in [0.717, 1.165) is 36.1 Å². The van der Waals surface area contributed by atoms with Gasteiger partial charge in [-0.05, 0) is 6.42 Å². The largest absolute Gasteiger partial charge is 0.383 e. The molecule has 0 aliphatic heterocycles. The highest BCUT2D eigenvalue weighted by Crippen LogP contribution is 2.12. The second-order valence-corrected chi connectivity index (χ2v) is 4.86.